The van der Waals surface area contributed by atoms with E-state index in [2.05, 4.69) is 10.3 Å². The molecule has 1 aromatic carbocycles. The molecule has 2 unspecified atom stereocenters. The molecule has 0 aliphatic rings. The summed E-state index contributed by atoms with van der Waals surface area (Å²) < 4.78 is 0. The number of pyridine rings is 1. The van der Waals surface area contributed by atoms with Gasteiger partial charge in [-0.15, -0.1) is 0 Å². The summed E-state index contributed by atoms with van der Waals surface area (Å²) in [6, 6.07) is 7.29. The van der Waals surface area contributed by atoms with Gasteiger partial charge in [-0.25, -0.2) is 0 Å². The van der Waals surface area contributed by atoms with Gasteiger partial charge in [0.1, 0.15) is 0 Å². The molecule has 0 bridgehead atoms. The summed E-state index contributed by atoms with van der Waals surface area (Å²) in [4.78, 5) is 15.3. The van der Waals surface area contributed by atoms with E-state index in [0.29, 0.717) is 10.9 Å². The molecule has 19 heavy (non-hydrogen) atoms. The lowest BCUT2D eigenvalue weighted by Gasteiger charge is -2.20. The van der Waals surface area contributed by atoms with E-state index in [0.717, 1.165) is 5.56 Å². The standard InChI is InChI=1S/C14H17N3O2/c1-9(10(2)15-3)11-6-7-13-12(5-4-8-16-13)14(11)17(18)19/h4-10,15H,1-3H3. The highest BCUT2D eigenvalue weighted by Gasteiger charge is 2.25. The van der Waals surface area contributed by atoms with Crippen molar-refractivity contribution >= 4 is 16.6 Å². The van der Waals surface area contributed by atoms with Gasteiger partial charge in [-0.1, -0.05) is 6.92 Å². The molecule has 0 aliphatic carbocycles. The van der Waals surface area contributed by atoms with Gasteiger partial charge < -0.3 is 5.32 Å². The van der Waals surface area contributed by atoms with Crippen LogP contribution >= 0.6 is 0 Å². The Morgan fingerprint density at radius 1 is 1.32 bits per heavy atom. The van der Waals surface area contributed by atoms with Crippen molar-refractivity contribution in [3.8, 4) is 0 Å². The van der Waals surface area contributed by atoms with E-state index in [1.165, 1.54) is 0 Å². The molecular weight excluding hydrogens is 242 g/mol. The van der Waals surface area contributed by atoms with Gasteiger partial charge in [-0.2, -0.15) is 0 Å². The fraction of sp³-hybridized carbons (Fsp3) is 0.357. The average molecular weight is 259 g/mol. The number of hydrogen-bond acceptors (Lipinski definition) is 4. The summed E-state index contributed by atoms with van der Waals surface area (Å²) in [5.41, 5.74) is 1.56. The van der Waals surface area contributed by atoms with Crippen LogP contribution in [0.15, 0.2) is 30.5 Å². The lowest BCUT2D eigenvalue weighted by atomic mass is 9.91. The maximum absolute atomic E-state index is 11.4. The largest absolute Gasteiger partial charge is 0.317 e. The van der Waals surface area contributed by atoms with Crippen molar-refractivity contribution in [3.05, 3.63) is 46.1 Å². The van der Waals surface area contributed by atoms with Gasteiger partial charge in [0.25, 0.3) is 5.69 Å². The van der Waals surface area contributed by atoms with Crippen LogP contribution in [-0.4, -0.2) is 23.0 Å². The summed E-state index contributed by atoms with van der Waals surface area (Å²) in [5.74, 6) is 0.0509. The first kappa shape index (κ1) is 13.4. The predicted octanol–water partition coefficient (Wildman–Crippen LogP) is 2.85. The molecule has 1 N–H and O–H groups in total. The molecule has 0 saturated carbocycles. The van der Waals surface area contributed by atoms with Gasteiger partial charge in [-0.3, -0.25) is 15.1 Å². The van der Waals surface area contributed by atoms with Crippen LogP contribution < -0.4 is 5.32 Å². The summed E-state index contributed by atoms with van der Waals surface area (Å²) in [6.07, 6.45) is 1.64. The molecule has 1 aromatic heterocycles. The van der Waals surface area contributed by atoms with Crippen LogP contribution in [0.4, 0.5) is 5.69 Å². The number of nitro benzene ring substituents is 1. The lowest BCUT2D eigenvalue weighted by molar-refractivity contribution is -0.383. The van der Waals surface area contributed by atoms with Gasteiger partial charge in [0.05, 0.1) is 15.8 Å². The fourth-order valence-corrected chi connectivity index (χ4v) is 2.24. The van der Waals surface area contributed by atoms with Crippen LogP contribution in [0, 0.1) is 10.1 Å². The molecule has 0 spiro atoms. The van der Waals surface area contributed by atoms with Gasteiger partial charge >= 0.3 is 0 Å². The molecule has 0 radical (unpaired) electrons. The lowest BCUT2D eigenvalue weighted by Crippen LogP contribution is -2.27. The molecule has 0 aliphatic heterocycles. The normalized spacial score (nSPS) is 14.3. The number of likely N-dealkylation sites (N-methyl/N-ethyl adjacent to an activating group) is 1. The zero-order valence-electron chi connectivity index (χ0n) is 11.3. The van der Waals surface area contributed by atoms with E-state index in [4.69, 9.17) is 0 Å². The molecule has 5 nitrogen and oxygen atoms in total. The summed E-state index contributed by atoms with van der Waals surface area (Å²) in [5, 5.41) is 15.1. The number of benzene rings is 1. The third-order valence-corrected chi connectivity index (χ3v) is 3.67. The highest BCUT2D eigenvalue weighted by atomic mass is 16.6. The number of rotatable bonds is 4. The summed E-state index contributed by atoms with van der Waals surface area (Å²) in [7, 11) is 1.86. The molecule has 100 valence electrons. The maximum Gasteiger partial charge on any atom is 0.282 e. The first-order valence-electron chi connectivity index (χ1n) is 6.25. The second-order valence-corrected chi connectivity index (χ2v) is 4.70. The van der Waals surface area contributed by atoms with E-state index in [1.54, 1.807) is 18.3 Å². The predicted molar refractivity (Wildman–Crippen MR) is 75.3 cm³/mol. The van der Waals surface area contributed by atoms with Gasteiger partial charge in [0.2, 0.25) is 0 Å². The van der Waals surface area contributed by atoms with E-state index in [9.17, 15) is 10.1 Å². The molecule has 0 fully saturated rings. The fourth-order valence-electron chi connectivity index (χ4n) is 2.24. The average Bonchev–Trinajstić information content (AvgIpc) is 2.44. The van der Waals surface area contributed by atoms with Crippen LogP contribution in [0.1, 0.15) is 25.3 Å². The number of hydrogen-bond donors (Lipinski definition) is 1. The molecular formula is C14H17N3O2. The molecule has 2 aromatic rings. The minimum absolute atomic E-state index is 0.0509. The Balaban J connectivity index is 2.67. The topological polar surface area (TPSA) is 68.1 Å². The van der Waals surface area contributed by atoms with Crippen molar-refractivity contribution in [2.24, 2.45) is 0 Å². The van der Waals surface area contributed by atoms with Crippen molar-refractivity contribution in [1.82, 2.24) is 10.3 Å². The Hall–Kier alpha value is -2.01. The highest BCUT2D eigenvalue weighted by Crippen LogP contribution is 2.34. The second kappa shape index (κ2) is 5.32. The molecule has 5 heteroatoms. The Kier molecular flexibility index (Phi) is 3.76. The monoisotopic (exact) mass is 259 g/mol. The number of nitro groups is 1. The van der Waals surface area contributed by atoms with Crippen LogP contribution in [0.2, 0.25) is 0 Å². The number of aromatic nitrogens is 1. The third kappa shape index (κ3) is 2.42. The molecule has 1 heterocycles. The first-order valence-corrected chi connectivity index (χ1v) is 6.25. The molecule has 0 saturated heterocycles. The van der Waals surface area contributed by atoms with Crippen molar-refractivity contribution in [1.29, 1.82) is 0 Å². The smallest absolute Gasteiger partial charge is 0.282 e. The summed E-state index contributed by atoms with van der Waals surface area (Å²) >= 11 is 0. The summed E-state index contributed by atoms with van der Waals surface area (Å²) in [6.45, 7) is 4.01. The number of fused-ring (bicyclic) bond motifs is 1. The Labute approximate surface area is 111 Å². The molecule has 2 atom stereocenters. The number of nitrogens with one attached hydrogen (secondary N) is 1. The van der Waals surface area contributed by atoms with Gasteiger partial charge in [-0.05, 0) is 38.2 Å². The van der Waals surface area contributed by atoms with E-state index >= 15 is 0 Å². The molecule has 2 rings (SSSR count). The van der Waals surface area contributed by atoms with Crippen LogP contribution in [0.25, 0.3) is 10.9 Å². The minimum Gasteiger partial charge on any atom is -0.317 e. The Morgan fingerprint density at radius 3 is 2.68 bits per heavy atom. The maximum atomic E-state index is 11.4. The minimum atomic E-state index is -0.307. The van der Waals surface area contributed by atoms with Gasteiger partial charge in [0.15, 0.2) is 0 Å². The molecule has 0 amide bonds. The first-order chi connectivity index (χ1) is 9.06. The van der Waals surface area contributed by atoms with E-state index in [1.807, 2.05) is 33.0 Å². The van der Waals surface area contributed by atoms with Crippen LogP contribution in [0.3, 0.4) is 0 Å². The van der Waals surface area contributed by atoms with Gasteiger partial charge in [0, 0.05) is 23.7 Å². The van der Waals surface area contributed by atoms with E-state index in [-0.39, 0.29) is 22.6 Å². The second-order valence-electron chi connectivity index (χ2n) is 4.70. The zero-order valence-corrected chi connectivity index (χ0v) is 11.3. The SMILES string of the molecule is CNC(C)C(C)c1ccc2ncccc2c1[N+](=O)[O-]. The zero-order chi connectivity index (χ0) is 14.0. The quantitative estimate of drug-likeness (QED) is 0.677. The van der Waals surface area contributed by atoms with Crippen LogP contribution in [0.5, 0.6) is 0 Å². The van der Waals surface area contributed by atoms with Crippen molar-refractivity contribution in [2.45, 2.75) is 25.8 Å². The van der Waals surface area contributed by atoms with Crippen molar-refractivity contribution in [3.63, 3.8) is 0 Å². The third-order valence-electron chi connectivity index (χ3n) is 3.67. The Bertz CT molecular complexity index is 613. The van der Waals surface area contributed by atoms with Crippen molar-refractivity contribution < 1.29 is 4.92 Å². The van der Waals surface area contributed by atoms with E-state index < -0.39 is 0 Å². The number of nitrogens with zero attached hydrogens (tertiary/aromatic N) is 2. The Morgan fingerprint density at radius 2 is 2.05 bits per heavy atom. The van der Waals surface area contributed by atoms with Crippen molar-refractivity contribution in [2.75, 3.05) is 7.05 Å². The van der Waals surface area contributed by atoms with Crippen LogP contribution in [-0.2, 0) is 0 Å². The highest BCUT2D eigenvalue weighted by molar-refractivity contribution is 5.89.